The monoisotopic (exact) mass is 293 g/mol. The lowest BCUT2D eigenvalue weighted by molar-refractivity contribution is -0.138. The number of rotatable bonds is 5. The minimum absolute atomic E-state index is 0.0249. The summed E-state index contributed by atoms with van der Waals surface area (Å²) in [6.45, 7) is 0. The minimum Gasteiger partial charge on any atom is -0.481 e. The lowest BCUT2D eigenvalue weighted by Gasteiger charge is -2.37. The number of carbonyl (C=O) groups is 2. The minimum atomic E-state index is -0.846. The molecule has 7 nitrogen and oxygen atoms in total. The van der Waals surface area contributed by atoms with E-state index in [9.17, 15) is 9.59 Å². The molecule has 0 atom stereocenters. The zero-order valence-corrected chi connectivity index (χ0v) is 12.0. The molecule has 1 saturated carbocycles. The van der Waals surface area contributed by atoms with E-state index >= 15 is 0 Å². The zero-order chi connectivity index (χ0) is 15.3. The quantitative estimate of drug-likeness (QED) is 0.799. The van der Waals surface area contributed by atoms with Crippen LogP contribution in [-0.4, -0.2) is 39.7 Å². The summed E-state index contributed by atoms with van der Waals surface area (Å²) in [6.07, 6.45) is 7.43. The van der Waals surface area contributed by atoms with Crippen LogP contribution in [0.4, 0.5) is 5.82 Å². The topological polar surface area (TPSA) is 101 Å². The van der Waals surface area contributed by atoms with Gasteiger partial charge in [-0.2, -0.15) is 0 Å². The third kappa shape index (κ3) is 3.90. The Balaban J connectivity index is 2.20. The van der Waals surface area contributed by atoms with E-state index in [1.165, 1.54) is 19.5 Å². The van der Waals surface area contributed by atoms with Crippen molar-refractivity contribution >= 4 is 17.8 Å². The predicted octanol–water partition coefficient (Wildman–Crippen LogP) is 1.85. The Morgan fingerprint density at radius 2 is 2.05 bits per heavy atom. The van der Waals surface area contributed by atoms with Crippen molar-refractivity contribution in [3.05, 3.63) is 18.1 Å². The molecule has 1 aromatic rings. The maximum Gasteiger partial charge on any atom is 0.358 e. The molecule has 1 aliphatic carbocycles. The summed E-state index contributed by atoms with van der Waals surface area (Å²) in [6, 6.07) is 0. The van der Waals surface area contributed by atoms with E-state index in [2.05, 4.69) is 20.0 Å². The molecule has 1 aromatic heterocycles. The molecule has 114 valence electrons. The summed E-state index contributed by atoms with van der Waals surface area (Å²) < 4.78 is 4.61. The van der Waals surface area contributed by atoms with Crippen LogP contribution in [0.15, 0.2) is 12.4 Å². The first-order chi connectivity index (χ1) is 10.0. The average molecular weight is 293 g/mol. The maximum absolute atomic E-state index is 11.5. The Kier molecular flexibility index (Phi) is 4.72. The van der Waals surface area contributed by atoms with Crippen LogP contribution in [0, 0.1) is 0 Å². The molecule has 21 heavy (non-hydrogen) atoms. The van der Waals surface area contributed by atoms with Gasteiger partial charge in [0.05, 0.1) is 25.9 Å². The summed E-state index contributed by atoms with van der Waals surface area (Å²) in [5.41, 5.74) is -0.420. The smallest absolute Gasteiger partial charge is 0.358 e. The largest absolute Gasteiger partial charge is 0.481 e. The van der Waals surface area contributed by atoms with Gasteiger partial charge in [0.1, 0.15) is 5.82 Å². The molecule has 2 rings (SSSR count). The van der Waals surface area contributed by atoms with E-state index in [4.69, 9.17) is 5.11 Å². The molecule has 1 heterocycles. The number of esters is 1. The van der Waals surface area contributed by atoms with Crippen molar-refractivity contribution in [2.24, 2.45) is 0 Å². The van der Waals surface area contributed by atoms with E-state index in [1.54, 1.807) is 0 Å². The van der Waals surface area contributed by atoms with Crippen molar-refractivity contribution < 1.29 is 19.4 Å². The Labute approximate surface area is 122 Å². The number of ether oxygens (including phenoxy) is 1. The first-order valence-electron chi connectivity index (χ1n) is 6.95. The number of carboxylic acids is 1. The highest BCUT2D eigenvalue weighted by molar-refractivity contribution is 5.87. The third-order valence-corrected chi connectivity index (χ3v) is 3.72. The average Bonchev–Trinajstić information content (AvgIpc) is 2.46. The Bertz CT molecular complexity index is 527. The number of hydrogen-bond donors (Lipinski definition) is 2. The van der Waals surface area contributed by atoms with Crippen molar-refractivity contribution in [2.45, 2.75) is 44.1 Å². The second-order valence-corrected chi connectivity index (χ2v) is 5.32. The van der Waals surface area contributed by atoms with Crippen LogP contribution in [0.2, 0.25) is 0 Å². The van der Waals surface area contributed by atoms with Crippen LogP contribution >= 0.6 is 0 Å². The molecule has 0 bridgehead atoms. The number of anilines is 1. The number of aromatic nitrogens is 2. The van der Waals surface area contributed by atoms with Gasteiger partial charge in [-0.25, -0.2) is 9.78 Å². The highest BCUT2D eigenvalue weighted by atomic mass is 16.5. The Hall–Kier alpha value is -2.18. The van der Waals surface area contributed by atoms with Crippen molar-refractivity contribution in [3.63, 3.8) is 0 Å². The first-order valence-corrected chi connectivity index (χ1v) is 6.95. The number of carbonyl (C=O) groups excluding carboxylic acids is 1. The number of nitrogens with zero attached hydrogens (tertiary/aromatic N) is 2. The highest BCUT2D eigenvalue weighted by Crippen LogP contribution is 2.34. The Morgan fingerprint density at radius 1 is 1.33 bits per heavy atom. The molecule has 7 heteroatoms. The van der Waals surface area contributed by atoms with Crippen molar-refractivity contribution in [1.82, 2.24) is 9.97 Å². The summed E-state index contributed by atoms with van der Waals surface area (Å²) in [7, 11) is 1.27. The van der Waals surface area contributed by atoms with Crippen molar-refractivity contribution in [3.8, 4) is 0 Å². The SMILES string of the molecule is COC(=O)c1cncc(NC2(CC(=O)O)CCCCC2)n1. The molecule has 0 aromatic carbocycles. The van der Waals surface area contributed by atoms with Crippen LogP contribution in [0.5, 0.6) is 0 Å². The van der Waals surface area contributed by atoms with Crippen LogP contribution in [-0.2, 0) is 9.53 Å². The van der Waals surface area contributed by atoms with Gasteiger partial charge in [-0.1, -0.05) is 19.3 Å². The molecule has 2 N–H and O–H groups in total. The fraction of sp³-hybridized carbons (Fsp3) is 0.571. The van der Waals surface area contributed by atoms with Crippen LogP contribution in [0.25, 0.3) is 0 Å². The van der Waals surface area contributed by atoms with Gasteiger partial charge >= 0.3 is 11.9 Å². The third-order valence-electron chi connectivity index (χ3n) is 3.72. The second-order valence-electron chi connectivity index (χ2n) is 5.32. The molecule has 1 aliphatic rings. The molecule has 0 aliphatic heterocycles. The summed E-state index contributed by atoms with van der Waals surface area (Å²) >= 11 is 0. The molecule has 0 saturated heterocycles. The fourth-order valence-corrected chi connectivity index (χ4v) is 2.76. The van der Waals surface area contributed by atoms with Gasteiger partial charge in [-0.05, 0) is 12.8 Å². The van der Waals surface area contributed by atoms with E-state index in [0.717, 1.165) is 32.1 Å². The van der Waals surface area contributed by atoms with E-state index in [1.807, 2.05) is 0 Å². The predicted molar refractivity (Wildman–Crippen MR) is 75.1 cm³/mol. The fourth-order valence-electron chi connectivity index (χ4n) is 2.76. The van der Waals surface area contributed by atoms with E-state index < -0.39 is 17.5 Å². The van der Waals surface area contributed by atoms with Gasteiger partial charge in [0.25, 0.3) is 0 Å². The number of aliphatic carboxylic acids is 1. The Morgan fingerprint density at radius 3 is 2.67 bits per heavy atom. The summed E-state index contributed by atoms with van der Waals surface area (Å²) in [5.74, 6) is -1.01. The van der Waals surface area contributed by atoms with Gasteiger partial charge in [-0.3, -0.25) is 9.78 Å². The molecule has 0 radical (unpaired) electrons. The second kappa shape index (κ2) is 6.51. The van der Waals surface area contributed by atoms with Crippen molar-refractivity contribution in [1.29, 1.82) is 0 Å². The normalized spacial score (nSPS) is 17.0. The van der Waals surface area contributed by atoms with Crippen LogP contribution in [0.3, 0.4) is 0 Å². The van der Waals surface area contributed by atoms with E-state index in [0.29, 0.717) is 5.82 Å². The van der Waals surface area contributed by atoms with E-state index in [-0.39, 0.29) is 12.1 Å². The number of nitrogens with one attached hydrogen (secondary N) is 1. The van der Waals surface area contributed by atoms with Crippen LogP contribution in [0.1, 0.15) is 49.0 Å². The van der Waals surface area contributed by atoms with Crippen LogP contribution < -0.4 is 5.32 Å². The molecular formula is C14H19N3O4. The summed E-state index contributed by atoms with van der Waals surface area (Å²) in [4.78, 5) is 30.7. The maximum atomic E-state index is 11.5. The molecule has 0 amide bonds. The lowest BCUT2D eigenvalue weighted by atomic mass is 9.79. The van der Waals surface area contributed by atoms with Gasteiger partial charge in [0.2, 0.25) is 0 Å². The molecule has 1 fully saturated rings. The van der Waals surface area contributed by atoms with Gasteiger partial charge in [0.15, 0.2) is 5.69 Å². The standard InChI is InChI=1S/C14H19N3O4/c1-21-13(20)10-8-15-9-11(16-10)17-14(7-12(18)19)5-3-2-4-6-14/h8-9H,2-7H2,1H3,(H,16,17)(H,18,19). The van der Waals surface area contributed by atoms with Gasteiger partial charge in [0, 0.05) is 5.54 Å². The number of carboxylic acid groups (broad SMARTS) is 1. The highest BCUT2D eigenvalue weighted by Gasteiger charge is 2.34. The molecule has 0 spiro atoms. The molecular weight excluding hydrogens is 274 g/mol. The van der Waals surface area contributed by atoms with Crippen molar-refractivity contribution in [2.75, 3.05) is 12.4 Å². The zero-order valence-electron chi connectivity index (χ0n) is 12.0. The van der Waals surface area contributed by atoms with Gasteiger partial charge in [-0.15, -0.1) is 0 Å². The number of hydrogen-bond acceptors (Lipinski definition) is 6. The number of methoxy groups -OCH3 is 1. The van der Waals surface area contributed by atoms with Gasteiger partial charge < -0.3 is 15.2 Å². The molecule has 0 unspecified atom stereocenters. The lowest BCUT2D eigenvalue weighted by Crippen LogP contribution is -2.42. The first kappa shape index (κ1) is 15.2. The summed E-state index contributed by atoms with van der Waals surface area (Å²) in [5, 5.41) is 12.3.